The second-order valence-corrected chi connectivity index (χ2v) is 5.02. The predicted octanol–water partition coefficient (Wildman–Crippen LogP) is 2.66. The topological polar surface area (TPSA) is 38.3 Å². The van der Waals surface area contributed by atoms with Crippen molar-refractivity contribution in [3.8, 4) is 5.75 Å². The number of ether oxygens (including phenoxy) is 1. The second-order valence-electron chi connectivity index (χ2n) is 5.02. The minimum Gasteiger partial charge on any atom is -0.497 e. The summed E-state index contributed by atoms with van der Waals surface area (Å²) in [6, 6.07) is 7.49. The van der Waals surface area contributed by atoms with Gasteiger partial charge in [-0.3, -0.25) is 4.79 Å². The second kappa shape index (κ2) is 5.53. The number of ketones is 1. The Hall–Kier alpha value is -1.35. The predicted molar refractivity (Wildman–Crippen MR) is 72.2 cm³/mol. The molecule has 0 bridgehead atoms. The van der Waals surface area contributed by atoms with E-state index in [2.05, 4.69) is 12.2 Å². The Morgan fingerprint density at radius 2 is 2.33 bits per heavy atom. The molecule has 1 heterocycles. The van der Waals surface area contributed by atoms with Crippen LogP contribution in [0.15, 0.2) is 24.3 Å². The Morgan fingerprint density at radius 3 is 2.94 bits per heavy atom. The van der Waals surface area contributed by atoms with E-state index in [0.29, 0.717) is 0 Å². The van der Waals surface area contributed by atoms with E-state index < -0.39 is 0 Å². The van der Waals surface area contributed by atoms with Crippen molar-refractivity contribution in [1.29, 1.82) is 0 Å². The van der Waals surface area contributed by atoms with Gasteiger partial charge in [0.2, 0.25) is 0 Å². The summed E-state index contributed by atoms with van der Waals surface area (Å²) in [5.41, 5.74) is 0.563. The molecule has 1 aromatic rings. The molecule has 1 aliphatic rings. The van der Waals surface area contributed by atoms with Crippen LogP contribution in [0.5, 0.6) is 5.75 Å². The maximum absolute atomic E-state index is 12.7. The van der Waals surface area contributed by atoms with Crippen molar-refractivity contribution in [3.63, 3.8) is 0 Å². The van der Waals surface area contributed by atoms with Crippen LogP contribution in [0.2, 0.25) is 0 Å². The minimum absolute atomic E-state index is 0.207. The van der Waals surface area contributed by atoms with Crippen molar-refractivity contribution in [2.75, 3.05) is 20.2 Å². The van der Waals surface area contributed by atoms with Crippen LogP contribution < -0.4 is 10.1 Å². The van der Waals surface area contributed by atoms with Crippen LogP contribution in [-0.2, 0) is 0 Å². The number of hydrogen-bond acceptors (Lipinski definition) is 3. The Labute approximate surface area is 109 Å². The smallest absolute Gasteiger partial charge is 0.170 e. The molecule has 1 atom stereocenters. The van der Waals surface area contributed by atoms with Crippen LogP contribution in [0.4, 0.5) is 0 Å². The highest BCUT2D eigenvalue weighted by molar-refractivity contribution is 6.01. The van der Waals surface area contributed by atoms with Gasteiger partial charge in [-0.05, 0) is 31.5 Å². The van der Waals surface area contributed by atoms with Gasteiger partial charge in [0, 0.05) is 17.5 Å². The van der Waals surface area contributed by atoms with Crippen molar-refractivity contribution in [2.24, 2.45) is 5.41 Å². The summed E-state index contributed by atoms with van der Waals surface area (Å²) in [6.07, 6.45) is 2.93. The van der Waals surface area contributed by atoms with E-state index in [9.17, 15) is 4.79 Å². The molecule has 0 saturated carbocycles. The van der Waals surface area contributed by atoms with Crippen LogP contribution in [0.1, 0.15) is 36.5 Å². The van der Waals surface area contributed by atoms with E-state index in [1.165, 1.54) is 0 Å². The molecular formula is C15H21NO2. The van der Waals surface area contributed by atoms with Gasteiger partial charge in [0.25, 0.3) is 0 Å². The summed E-state index contributed by atoms with van der Waals surface area (Å²) in [5, 5.41) is 3.33. The zero-order valence-corrected chi connectivity index (χ0v) is 11.2. The zero-order valence-electron chi connectivity index (χ0n) is 11.2. The molecule has 1 aromatic carbocycles. The van der Waals surface area contributed by atoms with E-state index >= 15 is 0 Å². The quantitative estimate of drug-likeness (QED) is 0.813. The van der Waals surface area contributed by atoms with Crippen molar-refractivity contribution in [2.45, 2.75) is 26.2 Å². The molecule has 2 rings (SSSR count). The Kier molecular flexibility index (Phi) is 4.02. The summed E-state index contributed by atoms with van der Waals surface area (Å²) in [5.74, 6) is 1.01. The third kappa shape index (κ3) is 2.41. The molecule has 1 saturated heterocycles. The van der Waals surface area contributed by atoms with Crippen molar-refractivity contribution in [1.82, 2.24) is 5.32 Å². The van der Waals surface area contributed by atoms with E-state index in [1.807, 2.05) is 24.3 Å². The highest BCUT2D eigenvalue weighted by Crippen LogP contribution is 2.35. The lowest BCUT2D eigenvalue weighted by atomic mass is 9.76. The number of methoxy groups -OCH3 is 1. The monoisotopic (exact) mass is 247 g/mol. The molecule has 1 N–H and O–H groups in total. The minimum atomic E-state index is -0.207. The standard InChI is InChI=1S/C15H21NO2/c1-3-7-15(8-9-16-11-15)14(17)12-5-4-6-13(10-12)18-2/h4-6,10,16H,3,7-9,11H2,1-2H3. The van der Waals surface area contributed by atoms with Gasteiger partial charge in [-0.1, -0.05) is 25.5 Å². The highest BCUT2D eigenvalue weighted by atomic mass is 16.5. The van der Waals surface area contributed by atoms with Gasteiger partial charge in [-0.2, -0.15) is 0 Å². The fraction of sp³-hybridized carbons (Fsp3) is 0.533. The van der Waals surface area contributed by atoms with E-state index in [4.69, 9.17) is 4.74 Å². The van der Waals surface area contributed by atoms with E-state index in [1.54, 1.807) is 7.11 Å². The lowest BCUT2D eigenvalue weighted by molar-refractivity contribution is 0.0801. The first-order chi connectivity index (χ1) is 8.72. The van der Waals surface area contributed by atoms with Gasteiger partial charge in [0.1, 0.15) is 5.75 Å². The van der Waals surface area contributed by atoms with Gasteiger partial charge in [-0.25, -0.2) is 0 Å². The number of Topliss-reactive ketones (excluding diaryl/α,β-unsaturated/α-hetero) is 1. The third-order valence-electron chi connectivity index (χ3n) is 3.79. The van der Waals surface area contributed by atoms with Gasteiger partial charge in [0.05, 0.1) is 7.11 Å². The maximum atomic E-state index is 12.7. The SMILES string of the molecule is CCCC1(C(=O)c2cccc(OC)c2)CCNC1. The number of carbonyl (C=O) groups is 1. The molecule has 3 nitrogen and oxygen atoms in total. The van der Waals surface area contributed by atoms with Crippen molar-refractivity contribution < 1.29 is 9.53 Å². The molecule has 0 aliphatic carbocycles. The molecule has 0 aromatic heterocycles. The Balaban J connectivity index is 2.27. The fourth-order valence-electron chi connectivity index (χ4n) is 2.81. The van der Waals surface area contributed by atoms with Crippen LogP contribution >= 0.6 is 0 Å². The molecule has 98 valence electrons. The zero-order chi connectivity index (χ0) is 13.0. The summed E-state index contributed by atoms with van der Waals surface area (Å²) < 4.78 is 5.19. The van der Waals surface area contributed by atoms with Crippen molar-refractivity contribution in [3.05, 3.63) is 29.8 Å². The lowest BCUT2D eigenvalue weighted by Crippen LogP contribution is -2.33. The van der Waals surface area contributed by atoms with Crippen LogP contribution in [0.25, 0.3) is 0 Å². The molecule has 1 aliphatic heterocycles. The molecule has 1 unspecified atom stereocenters. The summed E-state index contributed by atoms with van der Waals surface area (Å²) in [7, 11) is 1.63. The molecular weight excluding hydrogens is 226 g/mol. The number of rotatable bonds is 5. The van der Waals surface area contributed by atoms with E-state index in [0.717, 1.165) is 43.7 Å². The average molecular weight is 247 g/mol. The highest BCUT2D eigenvalue weighted by Gasteiger charge is 2.40. The van der Waals surface area contributed by atoms with Gasteiger partial charge in [-0.15, -0.1) is 0 Å². The summed E-state index contributed by atoms with van der Waals surface area (Å²) in [4.78, 5) is 12.7. The molecule has 3 heteroatoms. The average Bonchev–Trinajstić information content (AvgIpc) is 2.88. The Morgan fingerprint density at radius 1 is 1.50 bits per heavy atom. The number of nitrogens with one attached hydrogen (secondary N) is 1. The lowest BCUT2D eigenvalue weighted by Gasteiger charge is -2.26. The van der Waals surface area contributed by atoms with Crippen molar-refractivity contribution >= 4 is 5.78 Å². The molecule has 0 radical (unpaired) electrons. The number of benzene rings is 1. The number of carbonyl (C=O) groups excluding carboxylic acids is 1. The normalized spacial score (nSPS) is 23.0. The molecule has 0 amide bonds. The largest absolute Gasteiger partial charge is 0.497 e. The van der Waals surface area contributed by atoms with Gasteiger partial charge >= 0.3 is 0 Å². The number of hydrogen-bond donors (Lipinski definition) is 1. The fourth-order valence-corrected chi connectivity index (χ4v) is 2.81. The van der Waals surface area contributed by atoms with Crippen LogP contribution in [0.3, 0.4) is 0 Å². The molecule has 0 spiro atoms. The maximum Gasteiger partial charge on any atom is 0.170 e. The van der Waals surface area contributed by atoms with Crippen LogP contribution in [0, 0.1) is 5.41 Å². The first kappa shape index (κ1) is 13.1. The first-order valence-electron chi connectivity index (χ1n) is 6.61. The molecule has 18 heavy (non-hydrogen) atoms. The summed E-state index contributed by atoms with van der Waals surface area (Å²) >= 11 is 0. The summed E-state index contributed by atoms with van der Waals surface area (Å²) in [6.45, 7) is 3.88. The third-order valence-corrected chi connectivity index (χ3v) is 3.79. The van der Waals surface area contributed by atoms with E-state index in [-0.39, 0.29) is 11.2 Å². The van der Waals surface area contributed by atoms with Crippen LogP contribution in [-0.4, -0.2) is 26.0 Å². The Bertz CT molecular complexity index is 422. The molecule has 1 fully saturated rings. The van der Waals surface area contributed by atoms with Gasteiger partial charge in [0.15, 0.2) is 5.78 Å². The van der Waals surface area contributed by atoms with Gasteiger partial charge < -0.3 is 10.1 Å². The first-order valence-corrected chi connectivity index (χ1v) is 6.61.